The molecule has 176 valence electrons. The number of hydrogen-bond acceptors (Lipinski definition) is 5. The Balaban J connectivity index is 2.09. The van der Waals surface area contributed by atoms with Crippen molar-refractivity contribution < 1.29 is 23.1 Å². The molecule has 7 nitrogen and oxygen atoms in total. The zero-order chi connectivity index (χ0) is 23.6. The summed E-state index contributed by atoms with van der Waals surface area (Å²) in [4.78, 5) is 12.4. The summed E-state index contributed by atoms with van der Waals surface area (Å²) in [6, 6.07) is 18.0. The molecule has 2 aromatic rings. The van der Waals surface area contributed by atoms with Gasteiger partial charge in [-0.3, -0.25) is 0 Å². The number of nitrogens with one attached hydrogen (secondary N) is 1. The van der Waals surface area contributed by atoms with Crippen LogP contribution in [0.3, 0.4) is 0 Å². The molecular formula is C24H34N2O5S. The summed E-state index contributed by atoms with van der Waals surface area (Å²) < 4.78 is 31.1. The Kier molecular flexibility index (Phi) is 10.2. The maximum Gasteiger partial charge on any atom is 0.407 e. The van der Waals surface area contributed by atoms with Crippen LogP contribution in [0.15, 0.2) is 60.7 Å². The number of ether oxygens (including phenoxy) is 1. The van der Waals surface area contributed by atoms with Crippen LogP contribution in [0.4, 0.5) is 4.79 Å². The second-order valence-corrected chi connectivity index (χ2v) is 10.4. The third kappa shape index (κ3) is 9.38. The molecule has 32 heavy (non-hydrogen) atoms. The number of sulfonamides is 1. The largest absolute Gasteiger partial charge is 0.445 e. The van der Waals surface area contributed by atoms with Gasteiger partial charge in [-0.1, -0.05) is 74.5 Å². The van der Waals surface area contributed by atoms with Gasteiger partial charge >= 0.3 is 6.09 Å². The lowest BCUT2D eigenvalue weighted by atomic mass is 10.0. The molecule has 0 spiro atoms. The van der Waals surface area contributed by atoms with E-state index in [4.69, 9.17) is 4.74 Å². The molecule has 0 aliphatic rings. The number of carbonyl (C=O) groups excluding carboxylic acids is 1. The first-order valence-corrected chi connectivity index (χ1v) is 12.6. The third-order valence-corrected chi connectivity index (χ3v) is 6.36. The molecule has 8 heteroatoms. The lowest BCUT2D eigenvalue weighted by molar-refractivity contribution is 0.0884. The third-order valence-electron chi connectivity index (χ3n) is 5.09. The van der Waals surface area contributed by atoms with Crippen LogP contribution < -0.4 is 5.32 Å². The van der Waals surface area contributed by atoms with E-state index in [1.54, 1.807) is 0 Å². The van der Waals surface area contributed by atoms with Crippen molar-refractivity contribution in [3.63, 3.8) is 0 Å². The van der Waals surface area contributed by atoms with Crippen molar-refractivity contribution in [2.45, 2.75) is 45.4 Å². The number of aliphatic hydroxyl groups excluding tert-OH is 1. The molecule has 1 amide bonds. The lowest BCUT2D eigenvalue weighted by Gasteiger charge is -2.29. The normalized spacial score (nSPS) is 13.7. The molecule has 2 atom stereocenters. The van der Waals surface area contributed by atoms with Gasteiger partial charge < -0.3 is 15.2 Å². The maximum atomic E-state index is 12.4. The first-order valence-electron chi connectivity index (χ1n) is 10.8. The standard InChI is InChI=1S/C24H34N2O5S/c1-19(2)14-15-26(32(3,29)30)17-23(27)22(16-20-10-6-4-7-11-20)25-24(28)31-18-21-12-8-5-9-13-21/h4-13,19,22-23,27H,14-18H2,1-3H3,(H,25,28)/t22-,23?/m0/s1. The van der Waals surface area contributed by atoms with E-state index in [2.05, 4.69) is 5.32 Å². The highest BCUT2D eigenvalue weighted by Gasteiger charge is 2.28. The fourth-order valence-corrected chi connectivity index (χ4v) is 4.06. The van der Waals surface area contributed by atoms with Crippen LogP contribution in [0, 0.1) is 5.92 Å². The van der Waals surface area contributed by atoms with Crippen molar-refractivity contribution in [1.82, 2.24) is 9.62 Å². The van der Waals surface area contributed by atoms with E-state index in [9.17, 15) is 18.3 Å². The van der Waals surface area contributed by atoms with Gasteiger partial charge in [0.05, 0.1) is 18.4 Å². The van der Waals surface area contributed by atoms with E-state index in [1.165, 1.54) is 4.31 Å². The number of rotatable bonds is 12. The predicted octanol–water partition coefficient (Wildman–Crippen LogP) is 3.19. The summed E-state index contributed by atoms with van der Waals surface area (Å²) in [5, 5.41) is 13.7. The van der Waals surface area contributed by atoms with Crippen LogP contribution in [-0.2, 0) is 27.8 Å². The topological polar surface area (TPSA) is 95.9 Å². The Morgan fingerprint density at radius 2 is 1.59 bits per heavy atom. The van der Waals surface area contributed by atoms with Crippen LogP contribution in [0.1, 0.15) is 31.4 Å². The number of amides is 1. The first kappa shape index (κ1) is 25.8. The molecule has 0 radical (unpaired) electrons. The number of carbonyl (C=O) groups is 1. The van der Waals surface area contributed by atoms with Gasteiger partial charge in [0.25, 0.3) is 0 Å². The van der Waals surface area contributed by atoms with E-state index in [-0.39, 0.29) is 13.2 Å². The zero-order valence-corrected chi connectivity index (χ0v) is 19.8. The molecule has 2 aromatic carbocycles. The summed E-state index contributed by atoms with van der Waals surface area (Å²) in [5.41, 5.74) is 1.76. The van der Waals surface area contributed by atoms with Gasteiger partial charge in [0.15, 0.2) is 0 Å². The number of aliphatic hydroxyl groups is 1. The fraction of sp³-hybridized carbons (Fsp3) is 0.458. The Bertz CT molecular complexity index is 920. The molecular weight excluding hydrogens is 428 g/mol. The number of alkyl carbamates (subject to hydrolysis) is 1. The minimum absolute atomic E-state index is 0.102. The van der Waals surface area contributed by atoms with Gasteiger partial charge in [0.2, 0.25) is 10.0 Å². The van der Waals surface area contributed by atoms with Crippen molar-refractivity contribution in [1.29, 1.82) is 0 Å². The minimum Gasteiger partial charge on any atom is -0.445 e. The highest BCUT2D eigenvalue weighted by atomic mass is 32.2. The molecule has 0 saturated carbocycles. The monoisotopic (exact) mass is 462 g/mol. The van der Waals surface area contributed by atoms with Crippen LogP contribution in [0.2, 0.25) is 0 Å². The van der Waals surface area contributed by atoms with Crippen LogP contribution in [-0.4, -0.2) is 55.4 Å². The molecule has 2 N–H and O–H groups in total. The van der Waals surface area contributed by atoms with Crippen LogP contribution in [0.25, 0.3) is 0 Å². The molecule has 0 fully saturated rings. The smallest absolute Gasteiger partial charge is 0.407 e. The van der Waals surface area contributed by atoms with Crippen LogP contribution >= 0.6 is 0 Å². The van der Waals surface area contributed by atoms with Crippen molar-refractivity contribution >= 4 is 16.1 Å². The number of nitrogens with zero attached hydrogens (tertiary/aromatic N) is 1. The highest BCUT2D eigenvalue weighted by molar-refractivity contribution is 7.88. The summed E-state index contributed by atoms with van der Waals surface area (Å²) in [7, 11) is -3.51. The zero-order valence-electron chi connectivity index (χ0n) is 19.0. The van der Waals surface area contributed by atoms with Gasteiger partial charge in [0, 0.05) is 13.1 Å². The van der Waals surface area contributed by atoms with Crippen LogP contribution in [0.5, 0.6) is 0 Å². The molecule has 2 rings (SSSR count). The van der Waals surface area contributed by atoms with Crippen molar-refractivity contribution in [3.8, 4) is 0 Å². The second kappa shape index (κ2) is 12.6. The van der Waals surface area contributed by atoms with Gasteiger partial charge in [-0.25, -0.2) is 13.2 Å². The predicted molar refractivity (Wildman–Crippen MR) is 126 cm³/mol. The van der Waals surface area contributed by atoms with E-state index in [1.807, 2.05) is 74.5 Å². The summed E-state index contributed by atoms with van der Waals surface area (Å²) >= 11 is 0. The molecule has 0 aliphatic carbocycles. The fourth-order valence-electron chi connectivity index (χ4n) is 3.20. The minimum atomic E-state index is -3.51. The van der Waals surface area contributed by atoms with E-state index < -0.39 is 28.3 Å². The van der Waals surface area contributed by atoms with E-state index >= 15 is 0 Å². The van der Waals surface area contributed by atoms with Crippen molar-refractivity contribution in [2.75, 3.05) is 19.3 Å². The highest BCUT2D eigenvalue weighted by Crippen LogP contribution is 2.12. The van der Waals surface area contributed by atoms with Gasteiger partial charge in [-0.05, 0) is 29.9 Å². The molecule has 0 heterocycles. The second-order valence-electron chi connectivity index (χ2n) is 8.37. The summed E-state index contributed by atoms with van der Waals surface area (Å²) in [5.74, 6) is 0.322. The molecule has 0 aliphatic heterocycles. The van der Waals surface area contributed by atoms with E-state index in [0.717, 1.165) is 17.4 Å². The Labute approximate surface area is 191 Å². The van der Waals surface area contributed by atoms with Crippen molar-refractivity contribution in [3.05, 3.63) is 71.8 Å². The Morgan fingerprint density at radius 3 is 2.12 bits per heavy atom. The molecule has 0 saturated heterocycles. The number of hydrogen-bond donors (Lipinski definition) is 2. The molecule has 0 bridgehead atoms. The molecule has 1 unspecified atom stereocenters. The van der Waals surface area contributed by atoms with Gasteiger partial charge in [-0.15, -0.1) is 0 Å². The first-order chi connectivity index (χ1) is 15.1. The van der Waals surface area contributed by atoms with Gasteiger partial charge in [0.1, 0.15) is 6.61 Å². The SMILES string of the molecule is CC(C)CCN(CC(O)[C@H](Cc1ccccc1)NC(=O)OCc1ccccc1)S(C)(=O)=O. The summed E-state index contributed by atoms with van der Waals surface area (Å²) in [6.45, 7) is 4.33. The van der Waals surface area contributed by atoms with E-state index in [0.29, 0.717) is 25.3 Å². The van der Waals surface area contributed by atoms with Gasteiger partial charge in [-0.2, -0.15) is 4.31 Å². The number of benzene rings is 2. The van der Waals surface area contributed by atoms with Crippen molar-refractivity contribution in [2.24, 2.45) is 5.92 Å². The Hall–Kier alpha value is -2.42. The quantitative estimate of drug-likeness (QED) is 0.505. The average Bonchev–Trinajstić information content (AvgIpc) is 2.75. The lowest BCUT2D eigenvalue weighted by Crippen LogP contribution is -2.50. The average molecular weight is 463 g/mol. The summed E-state index contributed by atoms with van der Waals surface area (Å²) in [6.07, 6.45) is 0.372. The maximum absolute atomic E-state index is 12.4. The molecule has 0 aromatic heterocycles. The Morgan fingerprint density at radius 1 is 1.03 bits per heavy atom.